The van der Waals surface area contributed by atoms with Gasteiger partial charge in [-0.05, 0) is 11.6 Å². The highest BCUT2D eigenvalue weighted by Gasteiger charge is 2.24. The normalized spacial score (nSPS) is 11.6. The summed E-state index contributed by atoms with van der Waals surface area (Å²) in [6, 6.07) is 7.51. The Balaban J connectivity index is 2.01. The summed E-state index contributed by atoms with van der Waals surface area (Å²) >= 11 is 0. The van der Waals surface area contributed by atoms with E-state index in [0.29, 0.717) is 41.7 Å². The number of nitrogen functional groups attached to an aromatic ring is 2. The molecule has 22 heavy (non-hydrogen) atoms. The fraction of sp³-hybridized carbons (Fsp3) is 0.125. The van der Waals surface area contributed by atoms with E-state index in [1.165, 1.54) is 0 Å². The quantitative estimate of drug-likeness (QED) is 0.718. The molecular formula is C16H14N4O2. The topological polar surface area (TPSA) is 107 Å². The molecule has 1 aliphatic rings. The average Bonchev–Trinajstić information content (AvgIpc) is 2.51. The Morgan fingerprint density at radius 2 is 2.27 bits per heavy atom. The number of anilines is 2. The zero-order valence-corrected chi connectivity index (χ0v) is 11.8. The lowest BCUT2D eigenvalue weighted by atomic mass is 9.99. The van der Waals surface area contributed by atoms with Crippen molar-refractivity contribution in [3.63, 3.8) is 0 Å². The van der Waals surface area contributed by atoms with Crippen molar-refractivity contribution in [2.24, 2.45) is 0 Å². The van der Waals surface area contributed by atoms with Gasteiger partial charge in [-0.15, -0.1) is 0 Å². The maximum atomic E-state index is 9.10. The zero-order chi connectivity index (χ0) is 15.7. The highest BCUT2D eigenvalue weighted by molar-refractivity contribution is 5.72. The van der Waals surface area contributed by atoms with Crippen molar-refractivity contribution in [2.45, 2.75) is 6.42 Å². The number of nitriles is 1. The molecule has 0 amide bonds. The van der Waals surface area contributed by atoms with Crippen LogP contribution in [-0.4, -0.2) is 11.6 Å². The molecule has 4 N–H and O–H groups in total. The summed E-state index contributed by atoms with van der Waals surface area (Å²) in [4.78, 5) is 4.13. The predicted molar refractivity (Wildman–Crippen MR) is 82.8 cm³/mol. The van der Waals surface area contributed by atoms with Crippen LogP contribution in [0.25, 0.3) is 0 Å². The second-order valence-electron chi connectivity index (χ2n) is 4.83. The summed E-state index contributed by atoms with van der Waals surface area (Å²) in [6.45, 7) is 4.02. The lowest BCUT2D eigenvalue weighted by Crippen LogP contribution is -2.12. The molecule has 0 spiro atoms. The molecule has 0 unspecified atom stereocenters. The van der Waals surface area contributed by atoms with Gasteiger partial charge in [0.05, 0.1) is 5.69 Å². The Kier molecular flexibility index (Phi) is 3.31. The second-order valence-corrected chi connectivity index (χ2v) is 4.83. The van der Waals surface area contributed by atoms with Crippen LogP contribution in [0.2, 0.25) is 0 Å². The van der Waals surface area contributed by atoms with Crippen LogP contribution in [0.4, 0.5) is 11.5 Å². The van der Waals surface area contributed by atoms with Crippen molar-refractivity contribution >= 4 is 11.5 Å². The fourth-order valence-corrected chi connectivity index (χ4v) is 2.33. The lowest BCUT2D eigenvalue weighted by molar-refractivity contribution is 0.358. The van der Waals surface area contributed by atoms with E-state index in [1.54, 1.807) is 12.1 Å². The molecule has 2 aromatic rings. The van der Waals surface area contributed by atoms with Gasteiger partial charge in [0.15, 0.2) is 0 Å². The van der Waals surface area contributed by atoms with Gasteiger partial charge in [-0.3, -0.25) is 0 Å². The van der Waals surface area contributed by atoms with E-state index in [4.69, 9.17) is 26.2 Å². The number of ether oxygens (including phenoxy) is 2. The molecule has 0 bridgehead atoms. The maximum Gasteiger partial charge on any atom is 0.226 e. The number of fused-ring (bicyclic) bond motifs is 2. The number of nitrogens with two attached hydrogens (primary N) is 2. The van der Waals surface area contributed by atoms with E-state index in [-0.39, 0.29) is 11.4 Å². The van der Waals surface area contributed by atoms with Gasteiger partial charge < -0.3 is 20.9 Å². The van der Waals surface area contributed by atoms with Crippen molar-refractivity contribution in [3.05, 3.63) is 47.5 Å². The molecule has 1 aromatic carbocycles. The minimum absolute atomic E-state index is 0.0706. The van der Waals surface area contributed by atoms with Crippen LogP contribution >= 0.6 is 0 Å². The molecule has 0 saturated heterocycles. The number of pyridine rings is 1. The van der Waals surface area contributed by atoms with Gasteiger partial charge in [0, 0.05) is 18.1 Å². The Morgan fingerprint density at radius 3 is 3.00 bits per heavy atom. The van der Waals surface area contributed by atoms with E-state index in [1.807, 2.05) is 18.2 Å². The highest BCUT2D eigenvalue weighted by Crippen LogP contribution is 2.41. The maximum absolute atomic E-state index is 9.10. The third-order valence-corrected chi connectivity index (χ3v) is 3.42. The lowest BCUT2D eigenvalue weighted by Gasteiger charge is -2.22. The highest BCUT2D eigenvalue weighted by atomic mass is 16.5. The van der Waals surface area contributed by atoms with Crippen LogP contribution in [-0.2, 0) is 6.42 Å². The summed E-state index contributed by atoms with van der Waals surface area (Å²) in [5.74, 6) is 1.73. The summed E-state index contributed by atoms with van der Waals surface area (Å²) in [5, 5.41) is 9.10. The molecule has 0 fully saturated rings. The van der Waals surface area contributed by atoms with Crippen molar-refractivity contribution in [3.8, 4) is 23.4 Å². The molecular weight excluding hydrogens is 280 g/mol. The minimum Gasteiger partial charge on any atom is -0.489 e. The molecule has 0 atom stereocenters. The van der Waals surface area contributed by atoms with E-state index in [9.17, 15) is 0 Å². The van der Waals surface area contributed by atoms with Crippen LogP contribution in [0.3, 0.4) is 0 Å². The van der Waals surface area contributed by atoms with Gasteiger partial charge >= 0.3 is 0 Å². The first-order valence-corrected chi connectivity index (χ1v) is 6.66. The monoisotopic (exact) mass is 294 g/mol. The Morgan fingerprint density at radius 1 is 1.45 bits per heavy atom. The van der Waals surface area contributed by atoms with Crippen LogP contribution in [0.1, 0.15) is 16.7 Å². The van der Waals surface area contributed by atoms with Crippen molar-refractivity contribution in [1.82, 2.24) is 4.98 Å². The molecule has 110 valence electrons. The van der Waals surface area contributed by atoms with E-state index in [2.05, 4.69) is 11.6 Å². The van der Waals surface area contributed by atoms with Crippen molar-refractivity contribution in [1.29, 1.82) is 5.26 Å². The summed E-state index contributed by atoms with van der Waals surface area (Å²) in [6.07, 6.45) is 2.20. The first-order valence-electron chi connectivity index (χ1n) is 6.66. The van der Waals surface area contributed by atoms with Gasteiger partial charge in [0.2, 0.25) is 5.88 Å². The third-order valence-electron chi connectivity index (χ3n) is 3.42. The first kappa shape index (κ1) is 13.8. The van der Waals surface area contributed by atoms with Crippen molar-refractivity contribution < 1.29 is 9.47 Å². The molecule has 6 heteroatoms. The number of benzene rings is 1. The van der Waals surface area contributed by atoms with Crippen LogP contribution in [0, 0.1) is 11.3 Å². The van der Waals surface area contributed by atoms with Crippen LogP contribution in [0.5, 0.6) is 17.4 Å². The first-order chi connectivity index (χ1) is 10.6. The molecule has 6 nitrogen and oxygen atoms in total. The van der Waals surface area contributed by atoms with Gasteiger partial charge in [-0.25, -0.2) is 0 Å². The standard InChI is InChI=1S/C16H14N4O2/c1-2-5-21-10-4-3-9-6-11-14(18)12(8-17)15(19)20-16(11)22-13(9)7-10/h2-4,7H,1,5-6H2,(H4,18,19,20). The number of nitrogens with zero attached hydrogens (tertiary/aromatic N) is 2. The number of hydrogen-bond acceptors (Lipinski definition) is 6. The Bertz CT molecular complexity index is 809. The number of aromatic nitrogens is 1. The number of rotatable bonds is 3. The molecule has 2 heterocycles. The molecule has 0 aliphatic carbocycles. The summed E-state index contributed by atoms with van der Waals surface area (Å²) in [7, 11) is 0. The minimum atomic E-state index is 0.0706. The SMILES string of the molecule is C=CCOc1ccc2c(c1)Oc1nc(N)c(C#N)c(N)c1C2. The fourth-order valence-electron chi connectivity index (χ4n) is 2.33. The molecule has 0 saturated carbocycles. The Hall–Kier alpha value is -3.20. The average molecular weight is 294 g/mol. The Labute approximate surface area is 127 Å². The van der Waals surface area contributed by atoms with Crippen LogP contribution in [0.15, 0.2) is 30.9 Å². The van der Waals surface area contributed by atoms with Gasteiger partial charge in [0.1, 0.15) is 35.6 Å². The van der Waals surface area contributed by atoms with E-state index < -0.39 is 0 Å². The number of hydrogen-bond donors (Lipinski definition) is 2. The summed E-state index contributed by atoms with van der Waals surface area (Å²) in [5.41, 5.74) is 13.9. The van der Waals surface area contributed by atoms with Crippen molar-refractivity contribution in [2.75, 3.05) is 18.1 Å². The molecule has 1 aromatic heterocycles. The predicted octanol–water partition coefficient (Wildman–Crippen LogP) is 2.38. The third kappa shape index (κ3) is 2.19. The summed E-state index contributed by atoms with van der Waals surface area (Å²) < 4.78 is 11.3. The molecule has 3 rings (SSSR count). The van der Waals surface area contributed by atoms with E-state index >= 15 is 0 Å². The molecule has 1 aliphatic heterocycles. The van der Waals surface area contributed by atoms with E-state index in [0.717, 1.165) is 5.56 Å². The van der Waals surface area contributed by atoms with Crippen LogP contribution < -0.4 is 20.9 Å². The largest absolute Gasteiger partial charge is 0.489 e. The molecule has 0 radical (unpaired) electrons. The second kappa shape index (κ2) is 5.30. The zero-order valence-electron chi connectivity index (χ0n) is 11.8. The smallest absolute Gasteiger partial charge is 0.226 e. The van der Waals surface area contributed by atoms with Gasteiger partial charge in [0.25, 0.3) is 0 Å². The van der Waals surface area contributed by atoms with Gasteiger partial charge in [-0.1, -0.05) is 18.7 Å². The van der Waals surface area contributed by atoms with Gasteiger partial charge in [-0.2, -0.15) is 10.2 Å².